The van der Waals surface area contributed by atoms with Crippen molar-refractivity contribution in [1.29, 1.82) is 0 Å². The monoisotopic (exact) mass is 529 g/mol. The van der Waals surface area contributed by atoms with E-state index in [2.05, 4.69) is 24.9 Å². The van der Waals surface area contributed by atoms with Crippen LogP contribution < -0.4 is 32.5 Å². The van der Waals surface area contributed by atoms with E-state index in [1.54, 1.807) is 0 Å². The van der Waals surface area contributed by atoms with Gasteiger partial charge in [0.2, 0.25) is 0 Å². The van der Waals surface area contributed by atoms with E-state index in [0.29, 0.717) is 13.1 Å². The summed E-state index contributed by atoms with van der Waals surface area (Å²) in [7, 11) is 1.14. The molecular formula is C22H20ClN7O7. The summed E-state index contributed by atoms with van der Waals surface area (Å²) >= 11 is 5.43. The number of primary amides is 1. The number of carbonyl (C=O) groups is 3. The van der Waals surface area contributed by atoms with E-state index in [0.717, 1.165) is 35.0 Å². The fourth-order valence-electron chi connectivity index (χ4n) is 3.22. The summed E-state index contributed by atoms with van der Waals surface area (Å²) < 4.78 is 5.66. The molecule has 0 atom stereocenters. The van der Waals surface area contributed by atoms with E-state index in [4.69, 9.17) is 28.4 Å². The number of benzene rings is 1. The second-order valence-electron chi connectivity index (χ2n) is 7.41. The molecule has 0 aliphatic rings. The Morgan fingerprint density at radius 1 is 1.14 bits per heavy atom. The third-order valence-electron chi connectivity index (χ3n) is 5.03. The lowest BCUT2D eigenvalue weighted by atomic mass is 10.1. The minimum Gasteiger partial charge on any atom is -0.477 e. The minimum atomic E-state index is -1.36. The SMILES string of the molecule is COC(=O)c1cc(C(=O)O)nc2c(C(N)=O)ncn12.Nc1c(NCc2cccc(CNCl)c2)c(=O)c1=O. The number of carbonyl (C=O) groups excluding carboxylic acids is 2. The number of hydrogen-bond acceptors (Lipinski definition) is 11. The number of rotatable bonds is 8. The Balaban J connectivity index is 0.000000206. The summed E-state index contributed by atoms with van der Waals surface area (Å²) in [4.78, 5) is 65.8. The molecule has 0 saturated carbocycles. The number of nitrogen functional groups attached to an aromatic ring is 1. The van der Waals surface area contributed by atoms with Crippen molar-refractivity contribution in [1.82, 2.24) is 19.2 Å². The molecule has 2 heterocycles. The van der Waals surface area contributed by atoms with Crippen LogP contribution in [0.4, 0.5) is 11.4 Å². The molecule has 4 rings (SSSR count). The number of ether oxygens (including phenoxy) is 1. The topological polar surface area (TPSA) is 221 Å². The number of esters is 1. The second-order valence-corrected chi connectivity index (χ2v) is 7.67. The van der Waals surface area contributed by atoms with Crippen molar-refractivity contribution < 1.29 is 24.2 Å². The summed E-state index contributed by atoms with van der Waals surface area (Å²) in [6.07, 6.45) is 1.14. The lowest BCUT2D eigenvalue weighted by molar-refractivity contribution is 0.0591. The summed E-state index contributed by atoms with van der Waals surface area (Å²) in [5, 5.41) is 11.8. The first-order valence-corrected chi connectivity index (χ1v) is 10.7. The summed E-state index contributed by atoms with van der Waals surface area (Å²) in [5.74, 6) is -3.03. The van der Waals surface area contributed by atoms with Crippen LogP contribution in [0.2, 0.25) is 0 Å². The molecule has 0 fully saturated rings. The van der Waals surface area contributed by atoms with E-state index in [1.165, 1.54) is 0 Å². The zero-order valence-corrected chi connectivity index (χ0v) is 19.9. The lowest BCUT2D eigenvalue weighted by Crippen LogP contribution is -2.36. The van der Waals surface area contributed by atoms with Crippen molar-refractivity contribution in [3.8, 4) is 0 Å². The normalized spacial score (nSPS) is 10.5. The average molecular weight is 530 g/mol. The summed E-state index contributed by atoms with van der Waals surface area (Å²) in [6.45, 7) is 0.989. The number of methoxy groups -OCH3 is 1. The highest BCUT2D eigenvalue weighted by Crippen LogP contribution is 2.14. The first kappa shape index (κ1) is 26.8. The molecule has 4 aromatic rings. The van der Waals surface area contributed by atoms with Gasteiger partial charge in [0, 0.05) is 19.2 Å². The first-order chi connectivity index (χ1) is 17.6. The van der Waals surface area contributed by atoms with Gasteiger partial charge in [0.1, 0.15) is 23.4 Å². The fourth-order valence-corrected chi connectivity index (χ4v) is 3.37. The number of hydrogen-bond donors (Lipinski definition) is 5. The second kappa shape index (κ2) is 11.3. The number of fused-ring (bicyclic) bond motifs is 1. The van der Waals surface area contributed by atoms with Crippen molar-refractivity contribution in [2.75, 3.05) is 18.2 Å². The Labute approximate surface area is 212 Å². The van der Waals surface area contributed by atoms with E-state index >= 15 is 0 Å². The third-order valence-corrected chi connectivity index (χ3v) is 5.16. The summed E-state index contributed by atoms with van der Waals surface area (Å²) in [5.41, 5.74) is 10.7. The van der Waals surface area contributed by atoms with Crippen molar-refractivity contribution >= 4 is 46.6 Å². The molecule has 7 N–H and O–H groups in total. The Bertz CT molecular complexity index is 1570. The maximum Gasteiger partial charge on any atom is 0.355 e. The number of aromatic carboxylic acids is 1. The molecule has 15 heteroatoms. The molecule has 0 unspecified atom stereocenters. The zero-order chi connectivity index (χ0) is 27.3. The number of imidazole rings is 1. The molecule has 0 radical (unpaired) electrons. The quantitative estimate of drug-likeness (QED) is 0.116. The van der Waals surface area contributed by atoms with Gasteiger partial charge in [0.15, 0.2) is 17.0 Å². The smallest absolute Gasteiger partial charge is 0.355 e. The van der Waals surface area contributed by atoms with Crippen LogP contribution in [0.25, 0.3) is 5.65 Å². The Kier molecular flexibility index (Phi) is 8.16. The molecule has 14 nitrogen and oxygen atoms in total. The standard InChI is InChI=1S/C12H12ClN3O2.C10H8N4O5/c13-16-6-8-3-1-2-7(4-8)5-15-10-9(14)11(17)12(10)18;1-19-10(18)5-2-4(9(16)17)13-8-6(7(11)15)12-3-14(5)8/h1-4,15-16H,5-6,14H2;2-3H,1H3,(H2,11,15)(H,16,17). The maximum absolute atomic E-state index is 11.6. The van der Waals surface area contributed by atoms with Gasteiger partial charge in [-0.05, 0) is 22.9 Å². The van der Waals surface area contributed by atoms with Gasteiger partial charge in [0.25, 0.3) is 16.8 Å². The number of nitrogens with two attached hydrogens (primary N) is 2. The molecule has 192 valence electrons. The Morgan fingerprint density at radius 2 is 1.81 bits per heavy atom. The molecule has 0 bridgehead atoms. The number of nitrogens with zero attached hydrogens (tertiary/aromatic N) is 3. The van der Waals surface area contributed by atoms with Crippen molar-refractivity contribution in [2.45, 2.75) is 13.1 Å². The van der Waals surface area contributed by atoms with Crippen LogP contribution in [0, 0.1) is 0 Å². The highest BCUT2D eigenvalue weighted by molar-refractivity contribution is 6.13. The number of carboxylic acid groups (broad SMARTS) is 1. The Hall–Kier alpha value is -4.82. The fraction of sp³-hybridized carbons (Fsp3) is 0.136. The van der Waals surface area contributed by atoms with Gasteiger partial charge in [-0.1, -0.05) is 24.3 Å². The van der Waals surface area contributed by atoms with E-state index in [1.807, 2.05) is 24.3 Å². The van der Waals surface area contributed by atoms with E-state index < -0.39 is 34.4 Å². The number of amides is 1. The molecule has 2 aromatic heterocycles. The average Bonchev–Trinajstić information content (AvgIpc) is 3.32. The molecular weight excluding hydrogens is 510 g/mol. The van der Waals surface area contributed by atoms with Crippen molar-refractivity contribution in [2.24, 2.45) is 5.73 Å². The maximum atomic E-state index is 11.6. The van der Waals surface area contributed by atoms with Gasteiger partial charge in [-0.2, -0.15) is 0 Å². The highest BCUT2D eigenvalue weighted by atomic mass is 35.5. The lowest BCUT2D eigenvalue weighted by Gasteiger charge is -2.10. The van der Waals surface area contributed by atoms with E-state index in [-0.39, 0.29) is 28.4 Å². The molecule has 0 saturated heterocycles. The van der Waals surface area contributed by atoms with Gasteiger partial charge in [0.05, 0.1) is 7.11 Å². The minimum absolute atomic E-state index is 0.0126. The van der Waals surface area contributed by atoms with Gasteiger partial charge in [-0.25, -0.2) is 24.4 Å². The van der Waals surface area contributed by atoms with Gasteiger partial charge >= 0.3 is 11.9 Å². The van der Waals surface area contributed by atoms with Crippen molar-refractivity contribution in [3.05, 3.63) is 85.3 Å². The molecule has 37 heavy (non-hydrogen) atoms. The third kappa shape index (κ3) is 5.71. The van der Waals surface area contributed by atoms with Crippen LogP contribution in [0.5, 0.6) is 0 Å². The van der Waals surface area contributed by atoms with Gasteiger partial charge in [-0.3, -0.25) is 18.8 Å². The molecule has 0 aliphatic heterocycles. The molecule has 0 spiro atoms. The van der Waals surface area contributed by atoms with Crippen LogP contribution in [-0.4, -0.2) is 44.4 Å². The van der Waals surface area contributed by atoms with Gasteiger partial charge in [-0.15, -0.1) is 0 Å². The first-order valence-electron chi connectivity index (χ1n) is 10.3. The van der Waals surface area contributed by atoms with Crippen molar-refractivity contribution in [3.63, 3.8) is 0 Å². The summed E-state index contributed by atoms with van der Waals surface area (Å²) in [6, 6.07) is 8.71. The van der Waals surface area contributed by atoms with Crippen LogP contribution in [0.1, 0.15) is 42.6 Å². The van der Waals surface area contributed by atoms with Gasteiger partial charge < -0.3 is 26.6 Å². The number of nitrogens with one attached hydrogen (secondary N) is 2. The van der Waals surface area contributed by atoms with Crippen LogP contribution in [0.3, 0.4) is 0 Å². The predicted molar refractivity (Wildman–Crippen MR) is 132 cm³/mol. The van der Waals surface area contributed by atoms with Crippen LogP contribution >= 0.6 is 11.8 Å². The molecule has 2 aromatic carbocycles. The van der Waals surface area contributed by atoms with Crippen LogP contribution in [0.15, 0.2) is 46.2 Å². The van der Waals surface area contributed by atoms with E-state index in [9.17, 15) is 24.0 Å². The Morgan fingerprint density at radius 3 is 2.38 bits per heavy atom. The molecule has 0 aliphatic carbocycles. The molecule has 1 amide bonds. The predicted octanol–water partition coefficient (Wildman–Crippen LogP) is 0.0333. The number of carboxylic acids is 1. The number of halogens is 1. The highest BCUT2D eigenvalue weighted by Gasteiger charge is 2.21. The number of anilines is 2. The zero-order valence-electron chi connectivity index (χ0n) is 19.1. The van der Waals surface area contributed by atoms with Crippen LogP contribution in [-0.2, 0) is 17.8 Å². The largest absolute Gasteiger partial charge is 0.477 e. The number of aromatic nitrogens is 3.